The lowest BCUT2D eigenvalue weighted by Gasteiger charge is -2.33. The van der Waals surface area contributed by atoms with Crippen molar-refractivity contribution < 1.29 is 13.9 Å². The SMILES string of the molecule is Nc1nccnc1C(=O)N1CCOC(c2ccc(F)c(Cl)c2)C1. The first-order valence-corrected chi connectivity index (χ1v) is 7.36. The van der Waals surface area contributed by atoms with Crippen LogP contribution >= 0.6 is 11.6 Å². The van der Waals surface area contributed by atoms with Gasteiger partial charge in [0, 0.05) is 18.9 Å². The molecule has 2 heterocycles. The summed E-state index contributed by atoms with van der Waals surface area (Å²) in [5.74, 6) is -0.714. The Morgan fingerprint density at radius 2 is 2.17 bits per heavy atom. The molecule has 1 unspecified atom stereocenters. The summed E-state index contributed by atoms with van der Waals surface area (Å²) >= 11 is 5.80. The lowest BCUT2D eigenvalue weighted by atomic mass is 10.1. The zero-order chi connectivity index (χ0) is 16.4. The van der Waals surface area contributed by atoms with Gasteiger partial charge in [-0.25, -0.2) is 14.4 Å². The number of nitrogen functional groups attached to an aromatic ring is 1. The number of amides is 1. The minimum Gasteiger partial charge on any atom is -0.382 e. The van der Waals surface area contributed by atoms with Crippen LogP contribution in [0.2, 0.25) is 5.02 Å². The summed E-state index contributed by atoms with van der Waals surface area (Å²) in [7, 11) is 0. The molecule has 2 aromatic rings. The van der Waals surface area contributed by atoms with Crippen LogP contribution in [0.5, 0.6) is 0 Å². The average molecular weight is 337 g/mol. The number of ether oxygens (including phenoxy) is 1. The summed E-state index contributed by atoms with van der Waals surface area (Å²) in [6.07, 6.45) is 2.46. The first kappa shape index (κ1) is 15.6. The highest BCUT2D eigenvalue weighted by atomic mass is 35.5. The van der Waals surface area contributed by atoms with E-state index < -0.39 is 5.82 Å². The highest BCUT2D eigenvalue weighted by Gasteiger charge is 2.28. The van der Waals surface area contributed by atoms with Crippen LogP contribution in [-0.2, 0) is 4.74 Å². The quantitative estimate of drug-likeness (QED) is 0.908. The first-order valence-electron chi connectivity index (χ1n) is 6.98. The Morgan fingerprint density at radius 1 is 1.39 bits per heavy atom. The van der Waals surface area contributed by atoms with E-state index in [0.717, 1.165) is 0 Å². The summed E-state index contributed by atoms with van der Waals surface area (Å²) in [5, 5.41) is 0.0210. The summed E-state index contributed by atoms with van der Waals surface area (Å²) < 4.78 is 18.9. The van der Waals surface area contributed by atoms with Crippen LogP contribution in [0.15, 0.2) is 30.6 Å². The van der Waals surface area contributed by atoms with Gasteiger partial charge in [-0.15, -0.1) is 0 Å². The van der Waals surface area contributed by atoms with Crippen LogP contribution in [-0.4, -0.2) is 40.5 Å². The molecular formula is C15H14ClFN4O2. The van der Waals surface area contributed by atoms with Crippen LogP contribution in [0.25, 0.3) is 0 Å². The highest BCUT2D eigenvalue weighted by molar-refractivity contribution is 6.30. The van der Waals surface area contributed by atoms with E-state index in [1.54, 1.807) is 11.0 Å². The Labute approximate surface area is 137 Å². The Bertz CT molecular complexity index is 743. The predicted molar refractivity (Wildman–Crippen MR) is 82.5 cm³/mol. The lowest BCUT2D eigenvalue weighted by molar-refractivity contribution is -0.0230. The largest absolute Gasteiger partial charge is 0.382 e. The number of halogens is 2. The fourth-order valence-corrected chi connectivity index (χ4v) is 2.60. The van der Waals surface area contributed by atoms with Crippen molar-refractivity contribution in [3.63, 3.8) is 0 Å². The topological polar surface area (TPSA) is 81.3 Å². The molecule has 1 atom stereocenters. The van der Waals surface area contributed by atoms with Gasteiger partial charge in [0.15, 0.2) is 11.5 Å². The minimum atomic E-state index is -0.494. The number of hydrogen-bond acceptors (Lipinski definition) is 5. The molecule has 6 nitrogen and oxygen atoms in total. The van der Waals surface area contributed by atoms with Crippen molar-refractivity contribution in [2.45, 2.75) is 6.10 Å². The molecule has 0 radical (unpaired) electrons. The molecule has 2 N–H and O–H groups in total. The smallest absolute Gasteiger partial charge is 0.276 e. The van der Waals surface area contributed by atoms with Crippen molar-refractivity contribution in [3.8, 4) is 0 Å². The zero-order valence-electron chi connectivity index (χ0n) is 12.1. The van der Waals surface area contributed by atoms with E-state index in [1.807, 2.05) is 0 Å². The number of aromatic nitrogens is 2. The Morgan fingerprint density at radius 3 is 2.91 bits per heavy atom. The molecule has 0 saturated carbocycles. The van der Waals surface area contributed by atoms with Crippen LogP contribution in [0.1, 0.15) is 22.2 Å². The van der Waals surface area contributed by atoms with Crippen molar-refractivity contribution in [1.82, 2.24) is 14.9 Å². The minimum absolute atomic E-state index is 0.0210. The third-order valence-electron chi connectivity index (χ3n) is 3.60. The van der Waals surface area contributed by atoms with Gasteiger partial charge in [-0.2, -0.15) is 0 Å². The normalized spacial score (nSPS) is 18.0. The molecule has 1 aliphatic rings. The molecule has 1 amide bonds. The van der Waals surface area contributed by atoms with Gasteiger partial charge in [0.1, 0.15) is 11.9 Å². The molecule has 0 aliphatic carbocycles. The number of carbonyl (C=O) groups is 1. The average Bonchev–Trinajstić information content (AvgIpc) is 2.57. The van der Waals surface area contributed by atoms with E-state index >= 15 is 0 Å². The van der Waals surface area contributed by atoms with Crippen molar-refractivity contribution >= 4 is 23.3 Å². The first-order chi connectivity index (χ1) is 11.1. The molecular weight excluding hydrogens is 323 g/mol. The maximum absolute atomic E-state index is 13.3. The molecule has 120 valence electrons. The summed E-state index contributed by atoms with van der Waals surface area (Å²) in [6.45, 7) is 1.07. The number of nitrogens with two attached hydrogens (primary N) is 1. The van der Waals surface area contributed by atoms with E-state index in [2.05, 4.69) is 9.97 Å². The fourth-order valence-electron chi connectivity index (χ4n) is 2.41. The summed E-state index contributed by atoms with van der Waals surface area (Å²) in [4.78, 5) is 22.0. The second kappa shape index (κ2) is 6.47. The van der Waals surface area contributed by atoms with Gasteiger partial charge in [-0.1, -0.05) is 17.7 Å². The Hall–Kier alpha value is -2.25. The fraction of sp³-hybridized carbons (Fsp3) is 0.267. The van der Waals surface area contributed by atoms with Gasteiger partial charge in [-0.3, -0.25) is 4.79 Å². The third-order valence-corrected chi connectivity index (χ3v) is 3.89. The zero-order valence-corrected chi connectivity index (χ0v) is 12.8. The molecule has 1 aliphatic heterocycles. The van der Waals surface area contributed by atoms with Crippen molar-refractivity contribution in [2.75, 3.05) is 25.4 Å². The van der Waals surface area contributed by atoms with Gasteiger partial charge in [-0.05, 0) is 17.7 Å². The van der Waals surface area contributed by atoms with Gasteiger partial charge >= 0.3 is 0 Å². The predicted octanol–water partition coefficient (Wildman–Crippen LogP) is 2.06. The van der Waals surface area contributed by atoms with E-state index in [0.29, 0.717) is 25.3 Å². The molecule has 8 heteroatoms. The second-order valence-corrected chi connectivity index (χ2v) is 5.48. The number of hydrogen-bond donors (Lipinski definition) is 1. The molecule has 1 aromatic carbocycles. The lowest BCUT2D eigenvalue weighted by Crippen LogP contribution is -2.42. The van der Waals surface area contributed by atoms with E-state index in [-0.39, 0.29) is 28.5 Å². The van der Waals surface area contributed by atoms with Crippen LogP contribution in [0.3, 0.4) is 0 Å². The maximum Gasteiger partial charge on any atom is 0.276 e. The van der Waals surface area contributed by atoms with Crippen molar-refractivity contribution in [1.29, 1.82) is 0 Å². The van der Waals surface area contributed by atoms with Crippen LogP contribution in [0.4, 0.5) is 10.2 Å². The number of morpholine rings is 1. The molecule has 3 rings (SSSR count). The highest BCUT2D eigenvalue weighted by Crippen LogP contribution is 2.27. The number of benzene rings is 1. The van der Waals surface area contributed by atoms with Crippen molar-refractivity contribution in [3.05, 3.63) is 52.7 Å². The Kier molecular flexibility index (Phi) is 4.40. The van der Waals surface area contributed by atoms with E-state index in [9.17, 15) is 9.18 Å². The van der Waals surface area contributed by atoms with Gasteiger partial charge < -0.3 is 15.4 Å². The van der Waals surface area contributed by atoms with Gasteiger partial charge in [0.25, 0.3) is 5.91 Å². The molecule has 23 heavy (non-hydrogen) atoms. The van der Waals surface area contributed by atoms with Gasteiger partial charge in [0.05, 0.1) is 18.2 Å². The number of nitrogens with zero attached hydrogens (tertiary/aromatic N) is 3. The number of carbonyl (C=O) groups excluding carboxylic acids is 1. The molecule has 1 fully saturated rings. The van der Waals surface area contributed by atoms with Crippen LogP contribution < -0.4 is 5.73 Å². The summed E-state index contributed by atoms with van der Waals surface area (Å²) in [5.41, 5.74) is 6.52. The monoisotopic (exact) mass is 336 g/mol. The third kappa shape index (κ3) is 3.25. The molecule has 0 spiro atoms. The molecule has 0 bridgehead atoms. The number of anilines is 1. The Balaban J connectivity index is 1.79. The number of rotatable bonds is 2. The van der Waals surface area contributed by atoms with Gasteiger partial charge in [0.2, 0.25) is 0 Å². The van der Waals surface area contributed by atoms with Crippen molar-refractivity contribution in [2.24, 2.45) is 0 Å². The second-order valence-electron chi connectivity index (χ2n) is 5.07. The summed E-state index contributed by atoms with van der Waals surface area (Å²) in [6, 6.07) is 4.38. The maximum atomic E-state index is 13.3. The van der Waals surface area contributed by atoms with Crippen LogP contribution in [0, 0.1) is 5.82 Å². The van der Waals surface area contributed by atoms with E-state index in [1.165, 1.54) is 24.5 Å². The molecule has 1 aromatic heterocycles. The van der Waals surface area contributed by atoms with E-state index in [4.69, 9.17) is 22.1 Å². The molecule has 1 saturated heterocycles. The standard InChI is InChI=1S/C15H14ClFN4O2/c16-10-7-9(1-2-11(10)17)12-8-21(5-6-23-12)15(22)13-14(18)20-4-3-19-13/h1-4,7,12H,5-6,8H2,(H2,18,20).